The highest BCUT2D eigenvalue weighted by molar-refractivity contribution is 5.50. The van der Waals surface area contributed by atoms with Crippen molar-refractivity contribution in [2.45, 2.75) is 6.54 Å². The van der Waals surface area contributed by atoms with Crippen molar-refractivity contribution in [1.82, 2.24) is 9.55 Å². The van der Waals surface area contributed by atoms with Gasteiger partial charge >= 0.3 is 5.82 Å². The monoisotopic (exact) mass is 155 g/mol. The molecule has 0 saturated carbocycles. The molecule has 0 N–H and O–H groups in total. The van der Waals surface area contributed by atoms with Gasteiger partial charge in [-0.3, -0.25) is 4.79 Å². The molecule has 0 amide bonds. The maximum Gasteiger partial charge on any atom is 0.343 e. The maximum absolute atomic E-state index is 10.2. The maximum atomic E-state index is 10.2. The van der Waals surface area contributed by atoms with Crippen LogP contribution in [0.1, 0.15) is 0 Å². The standard InChI is InChI=1S/C5H5N3O3/c9-2-1-7-4-6-3-5(7)8(10)11/h2-4H,1H2. The zero-order valence-electron chi connectivity index (χ0n) is 5.51. The third-order valence-corrected chi connectivity index (χ3v) is 1.15. The fourth-order valence-electron chi connectivity index (χ4n) is 0.687. The molecule has 1 aromatic heterocycles. The summed E-state index contributed by atoms with van der Waals surface area (Å²) >= 11 is 0. The van der Waals surface area contributed by atoms with Gasteiger partial charge in [0.15, 0.2) is 12.6 Å². The summed E-state index contributed by atoms with van der Waals surface area (Å²) in [5, 5.41) is 10.2. The lowest BCUT2D eigenvalue weighted by molar-refractivity contribution is -0.392. The van der Waals surface area contributed by atoms with E-state index in [1.807, 2.05) is 0 Å². The average molecular weight is 155 g/mol. The van der Waals surface area contributed by atoms with Crippen molar-refractivity contribution in [3.63, 3.8) is 0 Å². The van der Waals surface area contributed by atoms with Crippen LogP contribution in [-0.4, -0.2) is 20.8 Å². The van der Waals surface area contributed by atoms with Crippen LogP contribution in [0.2, 0.25) is 0 Å². The smallest absolute Gasteiger partial charge is 0.343 e. The fraction of sp³-hybridized carbons (Fsp3) is 0.200. The molecular formula is C5H5N3O3. The summed E-state index contributed by atoms with van der Waals surface area (Å²) in [6.45, 7) is -0.0314. The molecule has 11 heavy (non-hydrogen) atoms. The van der Waals surface area contributed by atoms with Crippen LogP contribution in [0.5, 0.6) is 0 Å². The first kappa shape index (κ1) is 7.39. The number of imidazole rings is 1. The number of aromatic nitrogens is 2. The normalized spacial score (nSPS) is 9.45. The molecule has 0 aromatic carbocycles. The van der Waals surface area contributed by atoms with E-state index in [0.717, 1.165) is 10.8 Å². The summed E-state index contributed by atoms with van der Waals surface area (Å²) in [4.78, 5) is 23.1. The summed E-state index contributed by atoms with van der Waals surface area (Å²) in [5.41, 5.74) is 0. The molecule has 0 aliphatic heterocycles. The Morgan fingerprint density at radius 2 is 2.55 bits per heavy atom. The molecule has 1 heterocycles. The Hall–Kier alpha value is -1.72. The van der Waals surface area contributed by atoms with Crippen molar-refractivity contribution in [2.75, 3.05) is 0 Å². The lowest BCUT2D eigenvalue weighted by Gasteiger charge is -1.93. The molecule has 0 saturated heterocycles. The van der Waals surface area contributed by atoms with Crippen LogP contribution in [0.25, 0.3) is 0 Å². The van der Waals surface area contributed by atoms with Crippen LogP contribution in [-0.2, 0) is 11.3 Å². The van der Waals surface area contributed by atoms with E-state index in [1.165, 1.54) is 6.33 Å². The predicted octanol–water partition coefficient (Wildman–Crippen LogP) is -0.00980. The van der Waals surface area contributed by atoms with E-state index in [2.05, 4.69) is 4.98 Å². The molecule has 0 atom stereocenters. The van der Waals surface area contributed by atoms with Crippen molar-refractivity contribution in [1.29, 1.82) is 0 Å². The van der Waals surface area contributed by atoms with Gasteiger partial charge in [-0.2, -0.15) is 0 Å². The van der Waals surface area contributed by atoms with Gasteiger partial charge in [-0.25, -0.2) is 9.55 Å². The van der Waals surface area contributed by atoms with Gasteiger partial charge < -0.3 is 10.1 Å². The highest BCUT2D eigenvalue weighted by atomic mass is 16.6. The highest BCUT2D eigenvalue weighted by Crippen LogP contribution is 2.07. The first-order valence-corrected chi connectivity index (χ1v) is 2.84. The summed E-state index contributed by atoms with van der Waals surface area (Å²) in [5.74, 6) is -0.169. The second kappa shape index (κ2) is 2.91. The number of carbonyl (C=O) groups excluding carboxylic acids is 1. The second-order valence-electron chi connectivity index (χ2n) is 1.83. The largest absolute Gasteiger partial charge is 0.358 e. The molecule has 0 fully saturated rings. The van der Waals surface area contributed by atoms with Crippen molar-refractivity contribution >= 4 is 12.1 Å². The third kappa shape index (κ3) is 1.40. The van der Waals surface area contributed by atoms with Crippen molar-refractivity contribution in [3.05, 3.63) is 22.6 Å². The van der Waals surface area contributed by atoms with E-state index in [0.29, 0.717) is 6.29 Å². The van der Waals surface area contributed by atoms with Crippen LogP contribution >= 0.6 is 0 Å². The number of nitrogens with zero attached hydrogens (tertiary/aromatic N) is 3. The Labute approximate surface area is 61.6 Å². The summed E-state index contributed by atoms with van der Waals surface area (Å²) in [7, 11) is 0. The van der Waals surface area contributed by atoms with Crippen LogP contribution in [0.3, 0.4) is 0 Å². The van der Waals surface area contributed by atoms with E-state index < -0.39 is 4.92 Å². The zero-order chi connectivity index (χ0) is 8.27. The lowest BCUT2D eigenvalue weighted by Crippen LogP contribution is -2.01. The minimum absolute atomic E-state index is 0.0314. The molecular weight excluding hydrogens is 150 g/mol. The van der Waals surface area contributed by atoms with Crippen LogP contribution < -0.4 is 0 Å². The molecule has 6 nitrogen and oxygen atoms in total. The number of nitro groups is 1. The minimum Gasteiger partial charge on any atom is -0.358 e. The fourth-order valence-corrected chi connectivity index (χ4v) is 0.687. The van der Waals surface area contributed by atoms with E-state index in [4.69, 9.17) is 0 Å². The minimum atomic E-state index is -0.587. The summed E-state index contributed by atoms with van der Waals surface area (Å²) in [6, 6.07) is 0. The highest BCUT2D eigenvalue weighted by Gasteiger charge is 2.10. The number of carbonyl (C=O) groups is 1. The molecule has 0 bridgehead atoms. The van der Waals surface area contributed by atoms with Gasteiger partial charge in [0.25, 0.3) is 0 Å². The molecule has 0 unspecified atom stereocenters. The molecule has 0 spiro atoms. The first-order chi connectivity index (χ1) is 5.25. The Morgan fingerprint density at radius 3 is 3.09 bits per heavy atom. The Bertz CT molecular complexity index is 280. The molecule has 1 rings (SSSR count). The molecule has 1 aromatic rings. The van der Waals surface area contributed by atoms with Crippen LogP contribution in [0, 0.1) is 10.1 Å². The quantitative estimate of drug-likeness (QED) is 0.349. The summed E-state index contributed by atoms with van der Waals surface area (Å²) < 4.78 is 1.16. The van der Waals surface area contributed by atoms with Gasteiger partial charge in [-0.15, -0.1) is 0 Å². The number of hydrogen-bond acceptors (Lipinski definition) is 4. The molecule has 0 radical (unpaired) electrons. The third-order valence-electron chi connectivity index (χ3n) is 1.15. The number of aldehydes is 1. The van der Waals surface area contributed by atoms with Gasteiger partial charge in [0.05, 0.1) is 0 Å². The lowest BCUT2D eigenvalue weighted by atomic mass is 10.6. The van der Waals surface area contributed by atoms with Crippen molar-refractivity contribution < 1.29 is 9.72 Å². The van der Waals surface area contributed by atoms with Gasteiger partial charge in [0, 0.05) is 0 Å². The summed E-state index contributed by atoms with van der Waals surface area (Å²) in [6.07, 6.45) is 2.92. The molecule has 6 heteroatoms. The average Bonchev–Trinajstić information content (AvgIpc) is 2.36. The van der Waals surface area contributed by atoms with E-state index in [1.54, 1.807) is 0 Å². The number of hydrogen-bond donors (Lipinski definition) is 0. The Morgan fingerprint density at radius 1 is 1.82 bits per heavy atom. The first-order valence-electron chi connectivity index (χ1n) is 2.84. The molecule has 0 aliphatic carbocycles. The zero-order valence-corrected chi connectivity index (χ0v) is 5.51. The van der Waals surface area contributed by atoms with Gasteiger partial charge in [0.1, 0.15) is 12.7 Å². The second-order valence-corrected chi connectivity index (χ2v) is 1.83. The number of rotatable bonds is 3. The molecule has 0 aliphatic rings. The van der Waals surface area contributed by atoms with Crippen molar-refractivity contribution in [2.24, 2.45) is 0 Å². The topological polar surface area (TPSA) is 78.0 Å². The van der Waals surface area contributed by atoms with Crippen LogP contribution in [0.4, 0.5) is 5.82 Å². The van der Waals surface area contributed by atoms with Gasteiger partial charge in [-0.05, 0) is 4.92 Å². The predicted molar refractivity (Wildman–Crippen MR) is 34.9 cm³/mol. The Kier molecular flexibility index (Phi) is 1.95. The van der Waals surface area contributed by atoms with Crippen LogP contribution in [0.15, 0.2) is 12.5 Å². The van der Waals surface area contributed by atoms with E-state index >= 15 is 0 Å². The molecule has 58 valence electrons. The Balaban J connectivity index is 2.95. The van der Waals surface area contributed by atoms with E-state index in [-0.39, 0.29) is 12.4 Å². The van der Waals surface area contributed by atoms with E-state index in [9.17, 15) is 14.9 Å². The van der Waals surface area contributed by atoms with Gasteiger partial charge in [-0.1, -0.05) is 0 Å². The van der Waals surface area contributed by atoms with Crippen molar-refractivity contribution in [3.8, 4) is 0 Å². The van der Waals surface area contributed by atoms with Gasteiger partial charge in [0.2, 0.25) is 0 Å². The SMILES string of the molecule is O=CCn1cncc1[N+](=O)[O-].